The third kappa shape index (κ3) is 2.84. The molecule has 1 nitrogen and oxygen atoms in total. The Kier molecular flexibility index (Phi) is 3.76. The zero-order valence-electron chi connectivity index (χ0n) is 12.4. The van der Waals surface area contributed by atoms with Crippen LogP contribution in [0.3, 0.4) is 0 Å². The van der Waals surface area contributed by atoms with Crippen molar-refractivity contribution in [1.82, 2.24) is 0 Å². The lowest BCUT2D eigenvalue weighted by atomic mass is 9.82. The average molecular weight is 275 g/mol. The molecule has 3 aromatic carbocycles. The van der Waals surface area contributed by atoms with Crippen LogP contribution in [0, 0.1) is 0 Å². The standard InChI is InChI=1S/C20H21N/c1-2-20(21,15-16-8-4-3-5-9-16)19-13-12-17-10-6-7-11-18(17)14-19/h3-14H,2,15,21H2,1H3. The minimum Gasteiger partial charge on any atom is -0.321 e. The third-order valence-corrected chi connectivity index (χ3v) is 4.32. The fourth-order valence-corrected chi connectivity index (χ4v) is 2.89. The number of fused-ring (bicyclic) bond motifs is 1. The van der Waals surface area contributed by atoms with Gasteiger partial charge in [0.25, 0.3) is 0 Å². The van der Waals surface area contributed by atoms with Gasteiger partial charge in [0.2, 0.25) is 0 Å². The summed E-state index contributed by atoms with van der Waals surface area (Å²) in [5.41, 5.74) is 8.93. The Morgan fingerprint density at radius 2 is 1.48 bits per heavy atom. The molecule has 0 amide bonds. The smallest absolute Gasteiger partial charge is 0.0448 e. The molecule has 0 aromatic heterocycles. The molecule has 3 rings (SSSR count). The van der Waals surface area contributed by atoms with Gasteiger partial charge in [-0.15, -0.1) is 0 Å². The van der Waals surface area contributed by atoms with Gasteiger partial charge in [-0.1, -0.05) is 73.7 Å². The Labute approximate surface area is 126 Å². The molecule has 21 heavy (non-hydrogen) atoms. The molecule has 0 radical (unpaired) electrons. The SMILES string of the molecule is CCC(N)(Cc1ccccc1)c1ccc2ccccc2c1. The number of hydrogen-bond donors (Lipinski definition) is 1. The summed E-state index contributed by atoms with van der Waals surface area (Å²) in [5.74, 6) is 0. The van der Waals surface area contributed by atoms with Gasteiger partial charge in [0, 0.05) is 5.54 Å². The summed E-state index contributed by atoms with van der Waals surface area (Å²) in [6.45, 7) is 2.16. The van der Waals surface area contributed by atoms with Gasteiger partial charge < -0.3 is 5.73 Å². The van der Waals surface area contributed by atoms with Crippen molar-refractivity contribution < 1.29 is 0 Å². The van der Waals surface area contributed by atoms with Gasteiger partial charge >= 0.3 is 0 Å². The minimum absolute atomic E-state index is 0.314. The summed E-state index contributed by atoms with van der Waals surface area (Å²) in [6, 6.07) is 25.5. The zero-order valence-corrected chi connectivity index (χ0v) is 12.4. The summed E-state index contributed by atoms with van der Waals surface area (Å²) in [4.78, 5) is 0. The highest BCUT2D eigenvalue weighted by atomic mass is 14.7. The van der Waals surface area contributed by atoms with Crippen LogP contribution in [0.2, 0.25) is 0 Å². The van der Waals surface area contributed by atoms with Gasteiger partial charge in [0.1, 0.15) is 0 Å². The van der Waals surface area contributed by atoms with Crippen LogP contribution in [-0.2, 0) is 12.0 Å². The van der Waals surface area contributed by atoms with E-state index in [1.165, 1.54) is 21.9 Å². The van der Waals surface area contributed by atoms with E-state index in [1.54, 1.807) is 0 Å². The van der Waals surface area contributed by atoms with E-state index < -0.39 is 0 Å². The molecule has 0 aliphatic rings. The minimum atomic E-state index is -0.314. The zero-order chi connectivity index (χ0) is 14.7. The van der Waals surface area contributed by atoms with Gasteiger partial charge in [-0.05, 0) is 40.8 Å². The monoisotopic (exact) mass is 275 g/mol. The quantitative estimate of drug-likeness (QED) is 0.737. The largest absolute Gasteiger partial charge is 0.321 e. The van der Waals surface area contributed by atoms with Gasteiger partial charge in [-0.2, -0.15) is 0 Å². The normalized spacial score (nSPS) is 14.0. The van der Waals surface area contributed by atoms with E-state index in [4.69, 9.17) is 5.73 Å². The molecule has 0 aliphatic heterocycles. The molecule has 106 valence electrons. The molecule has 0 fully saturated rings. The van der Waals surface area contributed by atoms with E-state index >= 15 is 0 Å². The second-order valence-corrected chi connectivity index (χ2v) is 5.73. The lowest BCUT2D eigenvalue weighted by Crippen LogP contribution is -2.38. The first kappa shape index (κ1) is 13.8. The lowest BCUT2D eigenvalue weighted by molar-refractivity contribution is 0.425. The summed E-state index contributed by atoms with van der Waals surface area (Å²) in [6.07, 6.45) is 1.78. The Balaban J connectivity index is 2.00. The van der Waals surface area contributed by atoms with Crippen LogP contribution in [0.15, 0.2) is 72.8 Å². The van der Waals surface area contributed by atoms with Crippen molar-refractivity contribution in [3.63, 3.8) is 0 Å². The average Bonchev–Trinajstić information content (AvgIpc) is 2.55. The Bertz CT molecular complexity index is 733. The molecule has 0 spiro atoms. The summed E-state index contributed by atoms with van der Waals surface area (Å²) >= 11 is 0. The topological polar surface area (TPSA) is 26.0 Å². The molecule has 0 aliphatic carbocycles. The molecule has 1 unspecified atom stereocenters. The van der Waals surface area contributed by atoms with Crippen LogP contribution in [0.25, 0.3) is 10.8 Å². The molecular formula is C20H21N. The second-order valence-electron chi connectivity index (χ2n) is 5.73. The van der Waals surface area contributed by atoms with Gasteiger partial charge in [0.05, 0.1) is 0 Å². The first-order valence-electron chi connectivity index (χ1n) is 7.53. The van der Waals surface area contributed by atoms with Gasteiger partial charge in [-0.25, -0.2) is 0 Å². The molecule has 0 heterocycles. The molecule has 0 bridgehead atoms. The van der Waals surface area contributed by atoms with E-state index in [0.29, 0.717) is 0 Å². The second kappa shape index (κ2) is 5.71. The van der Waals surface area contributed by atoms with Gasteiger partial charge in [0.15, 0.2) is 0 Å². The summed E-state index contributed by atoms with van der Waals surface area (Å²) in [7, 11) is 0. The van der Waals surface area contributed by atoms with Crippen LogP contribution in [-0.4, -0.2) is 0 Å². The number of rotatable bonds is 4. The maximum atomic E-state index is 6.74. The summed E-state index contributed by atoms with van der Waals surface area (Å²) < 4.78 is 0. The molecule has 0 saturated carbocycles. The fourth-order valence-electron chi connectivity index (χ4n) is 2.89. The highest BCUT2D eigenvalue weighted by Gasteiger charge is 2.25. The number of hydrogen-bond acceptors (Lipinski definition) is 1. The van der Waals surface area contributed by atoms with E-state index in [1.807, 2.05) is 6.07 Å². The van der Waals surface area contributed by atoms with Crippen molar-refractivity contribution in [3.8, 4) is 0 Å². The lowest BCUT2D eigenvalue weighted by Gasteiger charge is -2.29. The predicted molar refractivity (Wildman–Crippen MR) is 90.3 cm³/mol. The van der Waals surface area contributed by atoms with Crippen LogP contribution in [0.1, 0.15) is 24.5 Å². The molecule has 1 atom stereocenters. The third-order valence-electron chi connectivity index (χ3n) is 4.32. The molecule has 2 N–H and O–H groups in total. The number of nitrogens with two attached hydrogens (primary N) is 1. The van der Waals surface area contributed by atoms with Crippen LogP contribution in [0.5, 0.6) is 0 Å². The predicted octanol–water partition coefficient (Wildman–Crippen LogP) is 4.65. The highest BCUT2D eigenvalue weighted by molar-refractivity contribution is 5.83. The molecule has 1 heteroatoms. The van der Waals surface area contributed by atoms with Crippen molar-refractivity contribution in [2.45, 2.75) is 25.3 Å². The Morgan fingerprint density at radius 3 is 2.19 bits per heavy atom. The van der Waals surface area contributed by atoms with Crippen LogP contribution < -0.4 is 5.73 Å². The van der Waals surface area contributed by atoms with Crippen molar-refractivity contribution in [2.75, 3.05) is 0 Å². The van der Waals surface area contributed by atoms with E-state index in [2.05, 4.69) is 73.7 Å². The molecular weight excluding hydrogens is 254 g/mol. The first-order valence-corrected chi connectivity index (χ1v) is 7.53. The van der Waals surface area contributed by atoms with Crippen LogP contribution >= 0.6 is 0 Å². The van der Waals surface area contributed by atoms with E-state index in [0.717, 1.165) is 12.8 Å². The van der Waals surface area contributed by atoms with Crippen molar-refractivity contribution in [3.05, 3.63) is 83.9 Å². The van der Waals surface area contributed by atoms with E-state index in [9.17, 15) is 0 Å². The maximum Gasteiger partial charge on any atom is 0.0448 e. The van der Waals surface area contributed by atoms with Crippen molar-refractivity contribution in [1.29, 1.82) is 0 Å². The Morgan fingerprint density at radius 1 is 0.810 bits per heavy atom. The van der Waals surface area contributed by atoms with Crippen LogP contribution in [0.4, 0.5) is 0 Å². The first-order chi connectivity index (χ1) is 10.2. The van der Waals surface area contributed by atoms with Crippen molar-refractivity contribution >= 4 is 10.8 Å². The Hall–Kier alpha value is -2.12. The molecule has 0 saturated heterocycles. The highest BCUT2D eigenvalue weighted by Crippen LogP contribution is 2.29. The maximum absolute atomic E-state index is 6.74. The number of benzene rings is 3. The molecule has 3 aromatic rings. The van der Waals surface area contributed by atoms with E-state index in [-0.39, 0.29) is 5.54 Å². The summed E-state index contributed by atoms with van der Waals surface area (Å²) in [5, 5.41) is 2.52. The fraction of sp³-hybridized carbons (Fsp3) is 0.200. The van der Waals surface area contributed by atoms with Crippen molar-refractivity contribution in [2.24, 2.45) is 5.73 Å². The van der Waals surface area contributed by atoms with Gasteiger partial charge in [-0.3, -0.25) is 0 Å².